The van der Waals surface area contributed by atoms with Gasteiger partial charge in [-0.05, 0) is 26.3 Å². The van der Waals surface area contributed by atoms with Gasteiger partial charge in [0.2, 0.25) is 11.9 Å². The summed E-state index contributed by atoms with van der Waals surface area (Å²) in [6, 6.07) is 9.63. The molecular formula is C13H16N4O. The maximum absolute atomic E-state index is 12.2. The third-order valence-electron chi connectivity index (χ3n) is 2.89. The van der Waals surface area contributed by atoms with Gasteiger partial charge >= 0.3 is 0 Å². The largest absolute Gasteiger partial charge is 0.292 e. The minimum atomic E-state index is -0.629. The molecule has 0 fully saturated rings. The molecule has 2 aromatic rings. The quantitative estimate of drug-likeness (QED) is 0.867. The number of aromatic nitrogens is 3. The first-order valence-electron chi connectivity index (χ1n) is 5.76. The number of anilines is 1. The summed E-state index contributed by atoms with van der Waals surface area (Å²) in [5, 5.41) is 9.29. The van der Waals surface area contributed by atoms with E-state index >= 15 is 0 Å². The summed E-state index contributed by atoms with van der Waals surface area (Å²) in [5.41, 5.74) is 0.324. The molecule has 0 aliphatic carbocycles. The van der Waals surface area contributed by atoms with Crippen molar-refractivity contribution in [1.82, 2.24) is 15.2 Å². The molecular weight excluding hydrogens is 228 g/mol. The highest BCUT2D eigenvalue weighted by Gasteiger charge is 2.30. The van der Waals surface area contributed by atoms with Crippen molar-refractivity contribution >= 4 is 11.9 Å². The summed E-state index contributed by atoms with van der Waals surface area (Å²) < 4.78 is 0. The van der Waals surface area contributed by atoms with E-state index in [0.29, 0.717) is 11.8 Å². The summed E-state index contributed by atoms with van der Waals surface area (Å²) in [6.07, 6.45) is 0. The van der Waals surface area contributed by atoms with Crippen molar-refractivity contribution in [3.63, 3.8) is 0 Å². The highest BCUT2D eigenvalue weighted by atomic mass is 16.2. The van der Waals surface area contributed by atoms with Crippen LogP contribution in [-0.4, -0.2) is 21.1 Å². The average molecular weight is 244 g/mol. The molecule has 1 heterocycles. The first kappa shape index (κ1) is 12.3. The molecule has 2 N–H and O–H groups in total. The maximum Gasteiger partial charge on any atom is 0.248 e. The van der Waals surface area contributed by atoms with Crippen molar-refractivity contribution in [1.29, 1.82) is 0 Å². The number of H-pyrrole nitrogens is 1. The fourth-order valence-electron chi connectivity index (χ4n) is 1.64. The van der Waals surface area contributed by atoms with Gasteiger partial charge in [0.25, 0.3) is 0 Å². The van der Waals surface area contributed by atoms with Crippen molar-refractivity contribution in [2.24, 2.45) is 0 Å². The van der Waals surface area contributed by atoms with Gasteiger partial charge in [0.15, 0.2) is 0 Å². The Bertz CT molecular complexity index is 545. The Morgan fingerprint density at radius 2 is 1.94 bits per heavy atom. The monoisotopic (exact) mass is 244 g/mol. The zero-order valence-corrected chi connectivity index (χ0v) is 10.7. The van der Waals surface area contributed by atoms with Crippen LogP contribution in [0.1, 0.15) is 25.2 Å². The van der Waals surface area contributed by atoms with E-state index in [-0.39, 0.29) is 5.91 Å². The van der Waals surface area contributed by atoms with Gasteiger partial charge in [0, 0.05) is 0 Å². The van der Waals surface area contributed by atoms with Gasteiger partial charge in [-0.2, -0.15) is 4.98 Å². The number of aryl methyl sites for hydroxylation is 1. The lowest BCUT2D eigenvalue weighted by molar-refractivity contribution is -0.120. The number of hydrogen-bond donors (Lipinski definition) is 2. The molecule has 2 rings (SSSR count). The van der Waals surface area contributed by atoms with Crippen LogP contribution < -0.4 is 5.32 Å². The van der Waals surface area contributed by atoms with E-state index in [4.69, 9.17) is 0 Å². The summed E-state index contributed by atoms with van der Waals surface area (Å²) in [7, 11) is 0. The van der Waals surface area contributed by atoms with Crippen LogP contribution >= 0.6 is 0 Å². The van der Waals surface area contributed by atoms with E-state index < -0.39 is 5.41 Å². The molecule has 1 aromatic carbocycles. The number of aromatic amines is 1. The molecule has 0 saturated heterocycles. The fraction of sp³-hybridized carbons (Fsp3) is 0.308. The van der Waals surface area contributed by atoms with Crippen LogP contribution in [0.15, 0.2) is 30.3 Å². The third kappa shape index (κ3) is 2.40. The SMILES string of the molecule is Cc1nc(NC(=O)C(C)(C)c2ccccc2)n[nH]1. The molecule has 0 saturated carbocycles. The second-order valence-corrected chi connectivity index (χ2v) is 4.69. The first-order chi connectivity index (χ1) is 8.50. The zero-order chi connectivity index (χ0) is 13.2. The molecule has 5 nitrogen and oxygen atoms in total. The van der Waals surface area contributed by atoms with Gasteiger partial charge in [0.05, 0.1) is 5.41 Å². The second-order valence-electron chi connectivity index (χ2n) is 4.69. The van der Waals surface area contributed by atoms with Crippen LogP contribution in [0, 0.1) is 6.92 Å². The lowest BCUT2D eigenvalue weighted by Crippen LogP contribution is -2.35. The highest BCUT2D eigenvalue weighted by molar-refractivity contribution is 5.97. The molecule has 5 heteroatoms. The van der Waals surface area contributed by atoms with Crippen molar-refractivity contribution < 1.29 is 4.79 Å². The summed E-state index contributed by atoms with van der Waals surface area (Å²) in [4.78, 5) is 16.3. The van der Waals surface area contributed by atoms with E-state index in [1.807, 2.05) is 44.2 Å². The molecule has 1 amide bonds. The molecule has 0 aliphatic rings. The molecule has 0 spiro atoms. The smallest absolute Gasteiger partial charge is 0.248 e. The molecule has 18 heavy (non-hydrogen) atoms. The minimum Gasteiger partial charge on any atom is -0.292 e. The predicted octanol–water partition coefficient (Wildman–Crippen LogP) is 2.03. The van der Waals surface area contributed by atoms with Gasteiger partial charge < -0.3 is 0 Å². The molecule has 0 aliphatic heterocycles. The Labute approximate surface area is 106 Å². The Kier molecular flexibility index (Phi) is 3.14. The minimum absolute atomic E-state index is 0.132. The lowest BCUT2D eigenvalue weighted by atomic mass is 9.84. The highest BCUT2D eigenvalue weighted by Crippen LogP contribution is 2.24. The maximum atomic E-state index is 12.2. The Morgan fingerprint density at radius 1 is 1.28 bits per heavy atom. The van der Waals surface area contributed by atoms with E-state index in [2.05, 4.69) is 20.5 Å². The first-order valence-corrected chi connectivity index (χ1v) is 5.76. The Balaban J connectivity index is 2.18. The van der Waals surface area contributed by atoms with Crippen LogP contribution in [-0.2, 0) is 10.2 Å². The van der Waals surface area contributed by atoms with Crippen LogP contribution in [0.4, 0.5) is 5.95 Å². The lowest BCUT2D eigenvalue weighted by Gasteiger charge is -2.23. The topological polar surface area (TPSA) is 70.7 Å². The van der Waals surface area contributed by atoms with Gasteiger partial charge in [0.1, 0.15) is 5.82 Å². The Hall–Kier alpha value is -2.17. The zero-order valence-electron chi connectivity index (χ0n) is 10.7. The van der Waals surface area contributed by atoms with Gasteiger partial charge in [-0.1, -0.05) is 30.3 Å². The number of rotatable bonds is 3. The average Bonchev–Trinajstić information content (AvgIpc) is 2.76. The van der Waals surface area contributed by atoms with Gasteiger partial charge in [-0.25, -0.2) is 0 Å². The number of hydrogen-bond acceptors (Lipinski definition) is 3. The van der Waals surface area contributed by atoms with E-state index in [0.717, 1.165) is 5.56 Å². The summed E-state index contributed by atoms with van der Waals surface area (Å²) >= 11 is 0. The van der Waals surface area contributed by atoms with Crippen LogP contribution in [0.2, 0.25) is 0 Å². The van der Waals surface area contributed by atoms with Gasteiger partial charge in [-0.15, -0.1) is 5.10 Å². The van der Waals surface area contributed by atoms with Crippen molar-refractivity contribution in [3.05, 3.63) is 41.7 Å². The second kappa shape index (κ2) is 4.60. The number of benzene rings is 1. The fourth-order valence-corrected chi connectivity index (χ4v) is 1.64. The van der Waals surface area contributed by atoms with E-state index in [1.165, 1.54) is 0 Å². The number of carbonyl (C=O) groups excluding carboxylic acids is 1. The number of nitrogens with zero attached hydrogens (tertiary/aromatic N) is 2. The number of carbonyl (C=O) groups is 1. The van der Waals surface area contributed by atoms with Crippen LogP contribution in [0.25, 0.3) is 0 Å². The van der Waals surface area contributed by atoms with Crippen molar-refractivity contribution in [2.75, 3.05) is 5.32 Å². The molecule has 0 bridgehead atoms. The normalized spacial score (nSPS) is 11.3. The molecule has 1 aromatic heterocycles. The predicted molar refractivity (Wildman–Crippen MR) is 69.2 cm³/mol. The third-order valence-corrected chi connectivity index (χ3v) is 2.89. The molecule has 0 radical (unpaired) electrons. The Morgan fingerprint density at radius 3 is 2.50 bits per heavy atom. The van der Waals surface area contributed by atoms with Crippen LogP contribution in [0.5, 0.6) is 0 Å². The standard InChI is InChI=1S/C13H16N4O/c1-9-14-12(17-16-9)15-11(18)13(2,3)10-7-5-4-6-8-10/h4-8H,1-3H3,(H2,14,15,16,17,18). The van der Waals surface area contributed by atoms with Gasteiger partial charge in [-0.3, -0.25) is 15.2 Å². The molecule has 0 unspecified atom stereocenters. The molecule has 0 atom stereocenters. The van der Waals surface area contributed by atoms with Crippen LogP contribution in [0.3, 0.4) is 0 Å². The van der Waals surface area contributed by atoms with Crippen molar-refractivity contribution in [2.45, 2.75) is 26.2 Å². The summed E-state index contributed by atoms with van der Waals surface area (Å²) in [6.45, 7) is 5.53. The molecule has 94 valence electrons. The van der Waals surface area contributed by atoms with Crippen molar-refractivity contribution in [3.8, 4) is 0 Å². The number of amides is 1. The number of nitrogens with one attached hydrogen (secondary N) is 2. The van der Waals surface area contributed by atoms with E-state index in [9.17, 15) is 4.79 Å². The van der Waals surface area contributed by atoms with E-state index in [1.54, 1.807) is 6.92 Å². The summed E-state index contributed by atoms with van der Waals surface area (Å²) in [5.74, 6) is 0.844.